The number of rotatable bonds is 5. The molecule has 0 aromatic carbocycles. The summed E-state index contributed by atoms with van der Waals surface area (Å²) in [6.07, 6.45) is 1.30. The number of aromatic nitrogens is 2. The summed E-state index contributed by atoms with van der Waals surface area (Å²) < 4.78 is 0. The molecule has 90 valence electrons. The van der Waals surface area contributed by atoms with Gasteiger partial charge >= 0.3 is 0 Å². The van der Waals surface area contributed by atoms with Crippen molar-refractivity contribution in [3.05, 3.63) is 46.2 Å². The average molecular weight is 249 g/mol. The molecule has 0 amide bonds. The first-order valence-corrected chi connectivity index (χ1v) is 6.34. The molecular formula is C12H15N3OS. The fraction of sp³-hybridized carbons (Fsp3) is 0.333. The van der Waals surface area contributed by atoms with E-state index in [1.807, 2.05) is 30.5 Å². The lowest BCUT2D eigenvalue weighted by Crippen LogP contribution is -2.21. The third kappa shape index (κ3) is 3.59. The second-order valence-corrected chi connectivity index (χ2v) is 4.74. The number of aliphatic hydroxyl groups is 1. The Kier molecular flexibility index (Phi) is 4.19. The molecule has 1 atom stereocenters. The zero-order valence-corrected chi connectivity index (χ0v) is 10.4. The van der Waals surface area contributed by atoms with E-state index < -0.39 is 6.10 Å². The van der Waals surface area contributed by atoms with Crippen molar-refractivity contribution in [2.24, 2.45) is 0 Å². The molecule has 0 aliphatic heterocycles. The molecular weight excluding hydrogens is 234 g/mol. The minimum absolute atomic E-state index is 0.446. The number of hydrogen-bond acceptors (Lipinski definition) is 5. The van der Waals surface area contributed by atoms with Crippen LogP contribution in [0.1, 0.15) is 22.5 Å². The maximum Gasteiger partial charge on any atom is 0.125 e. The molecule has 0 radical (unpaired) electrons. The Labute approximate surface area is 104 Å². The molecule has 0 bridgehead atoms. The van der Waals surface area contributed by atoms with Crippen LogP contribution in [0.4, 0.5) is 0 Å². The van der Waals surface area contributed by atoms with Crippen LogP contribution < -0.4 is 5.32 Å². The van der Waals surface area contributed by atoms with Crippen LogP contribution in [0.5, 0.6) is 0 Å². The minimum Gasteiger partial charge on any atom is -0.386 e. The van der Waals surface area contributed by atoms with E-state index in [1.54, 1.807) is 17.5 Å². The molecule has 2 N–H and O–H groups in total. The van der Waals surface area contributed by atoms with Gasteiger partial charge in [-0.25, -0.2) is 9.97 Å². The second kappa shape index (κ2) is 5.86. The molecule has 2 heterocycles. The predicted octanol–water partition coefficient (Wildman–Crippen LogP) is 1.67. The van der Waals surface area contributed by atoms with E-state index in [2.05, 4.69) is 15.3 Å². The van der Waals surface area contributed by atoms with Crippen molar-refractivity contribution >= 4 is 11.3 Å². The van der Waals surface area contributed by atoms with Gasteiger partial charge in [0, 0.05) is 24.2 Å². The lowest BCUT2D eigenvalue weighted by atomic mass is 10.3. The van der Waals surface area contributed by atoms with Gasteiger partial charge in [-0.2, -0.15) is 0 Å². The number of thiophene rings is 1. The van der Waals surface area contributed by atoms with Gasteiger partial charge in [0.2, 0.25) is 0 Å². The van der Waals surface area contributed by atoms with Crippen molar-refractivity contribution < 1.29 is 5.11 Å². The van der Waals surface area contributed by atoms with Gasteiger partial charge in [-0.1, -0.05) is 6.07 Å². The minimum atomic E-state index is -0.446. The third-order valence-corrected chi connectivity index (χ3v) is 3.32. The number of nitrogens with one attached hydrogen (secondary N) is 1. The summed E-state index contributed by atoms with van der Waals surface area (Å²) in [5.74, 6) is 0.767. The van der Waals surface area contributed by atoms with Gasteiger partial charge in [-0.05, 0) is 24.4 Å². The van der Waals surface area contributed by atoms with E-state index in [1.165, 1.54) is 0 Å². The van der Waals surface area contributed by atoms with Gasteiger partial charge in [-0.3, -0.25) is 0 Å². The fourth-order valence-electron chi connectivity index (χ4n) is 1.52. The summed E-state index contributed by atoms with van der Waals surface area (Å²) in [7, 11) is 0. The second-order valence-electron chi connectivity index (χ2n) is 3.76. The molecule has 2 aromatic rings. The Morgan fingerprint density at radius 1 is 1.47 bits per heavy atom. The highest BCUT2D eigenvalue weighted by atomic mass is 32.1. The molecule has 0 saturated carbocycles. The van der Waals surface area contributed by atoms with Gasteiger partial charge in [-0.15, -0.1) is 11.3 Å². The van der Waals surface area contributed by atoms with Crippen LogP contribution in [0, 0.1) is 6.92 Å². The molecule has 0 spiro atoms. The first kappa shape index (κ1) is 12.2. The first-order valence-electron chi connectivity index (χ1n) is 5.46. The molecule has 1 unspecified atom stereocenters. The Morgan fingerprint density at radius 2 is 2.35 bits per heavy atom. The van der Waals surface area contributed by atoms with E-state index >= 15 is 0 Å². The summed E-state index contributed by atoms with van der Waals surface area (Å²) in [5.41, 5.74) is 0.941. The van der Waals surface area contributed by atoms with E-state index in [0.29, 0.717) is 13.1 Å². The summed E-state index contributed by atoms with van der Waals surface area (Å²) in [5, 5.41) is 15.0. The topological polar surface area (TPSA) is 58.0 Å². The van der Waals surface area contributed by atoms with Crippen molar-refractivity contribution in [3.8, 4) is 0 Å². The van der Waals surface area contributed by atoms with E-state index in [4.69, 9.17) is 0 Å². The number of nitrogens with zero attached hydrogens (tertiary/aromatic N) is 2. The summed E-state index contributed by atoms with van der Waals surface area (Å²) in [6.45, 7) is 3.04. The maximum absolute atomic E-state index is 9.86. The summed E-state index contributed by atoms with van der Waals surface area (Å²) in [6, 6.07) is 5.75. The van der Waals surface area contributed by atoms with Crippen molar-refractivity contribution in [1.29, 1.82) is 0 Å². The van der Waals surface area contributed by atoms with Gasteiger partial charge in [0.25, 0.3) is 0 Å². The Morgan fingerprint density at radius 3 is 3.06 bits per heavy atom. The van der Waals surface area contributed by atoms with Gasteiger partial charge < -0.3 is 10.4 Å². The van der Waals surface area contributed by atoms with Gasteiger partial charge in [0.05, 0.1) is 5.69 Å². The molecule has 17 heavy (non-hydrogen) atoms. The molecule has 4 nitrogen and oxygen atoms in total. The highest BCUT2D eigenvalue weighted by Gasteiger charge is 2.07. The molecule has 0 aliphatic rings. The van der Waals surface area contributed by atoms with E-state index in [0.717, 1.165) is 16.4 Å². The molecule has 2 aromatic heterocycles. The first-order chi connectivity index (χ1) is 8.25. The summed E-state index contributed by atoms with van der Waals surface area (Å²) in [4.78, 5) is 9.30. The lowest BCUT2D eigenvalue weighted by Gasteiger charge is -2.09. The molecule has 0 fully saturated rings. The molecule has 0 saturated heterocycles. The van der Waals surface area contributed by atoms with Crippen molar-refractivity contribution in [2.75, 3.05) is 6.54 Å². The monoisotopic (exact) mass is 249 g/mol. The quantitative estimate of drug-likeness (QED) is 0.846. The van der Waals surface area contributed by atoms with E-state index in [-0.39, 0.29) is 0 Å². The number of hydrogen-bond donors (Lipinski definition) is 2. The van der Waals surface area contributed by atoms with Crippen LogP contribution in [0.2, 0.25) is 0 Å². The molecule has 0 aliphatic carbocycles. The van der Waals surface area contributed by atoms with Crippen LogP contribution in [-0.2, 0) is 6.54 Å². The van der Waals surface area contributed by atoms with Crippen LogP contribution in [0.25, 0.3) is 0 Å². The SMILES string of the molecule is Cc1nccc(CNCC(O)c2cccs2)n1. The maximum atomic E-state index is 9.86. The van der Waals surface area contributed by atoms with Crippen LogP contribution in [-0.4, -0.2) is 21.6 Å². The lowest BCUT2D eigenvalue weighted by molar-refractivity contribution is 0.178. The van der Waals surface area contributed by atoms with E-state index in [9.17, 15) is 5.11 Å². The smallest absolute Gasteiger partial charge is 0.125 e. The fourth-order valence-corrected chi connectivity index (χ4v) is 2.23. The van der Waals surface area contributed by atoms with Crippen molar-refractivity contribution in [3.63, 3.8) is 0 Å². The average Bonchev–Trinajstić information content (AvgIpc) is 2.82. The van der Waals surface area contributed by atoms with Gasteiger partial charge in [0.1, 0.15) is 11.9 Å². The highest BCUT2D eigenvalue weighted by Crippen LogP contribution is 2.17. The number of aliphatic hydroxyl groups excluding tert-OH is 1. The van der Waals surface area contributed by atoms with Crippen LogP contribution >= 0.6 is 11.3 Å². The molecule has 2 rings (SSSR count). The third-order valence-electron chi connectivity index (χ3n) is 2.35. The normalized spacial score (nSPS) is 12.6. The standard InChI is InChI=1S/C12H15N3OS/c1-9-14-5-4-10(15-9)7-13-8-11(16)12-3-2-6-17-12/h2-6,11,13,16H,7-8H2,1H3. The Bertz CT molecular complexity index is 459. The largest absolute Gasteiger partial charge is 0.386 e. The number of aryl methyl sites for hydroxylation is 1. The zero-order chi connectivity index (χ0) is 12.1. The highest BCUT2D eigenvalue weighted by molar-refractivity contribution is 7.10. The van der Waals surface area contributed by atoms with Crippen LogP contribution in [0.15, 0.2) is 29.8 Å². The Hall–Kier alpha value is -1.30. The van der Waals surface area contributed by atoms with Crippen LogP contribution in [0.3, 0.4) is 0 Å². The van der Waals surface area contributed by atoms with Crippen molar-refractivity contribution in [1.82, 2.24) is 15.3 Å². The Balaban J connectivity index is 1.80. The molecule has 5 heteroatoms. The summed E-state index contributed by atoms with van der Waals surface area (Å²) >= 11 is 1.56. The zero-order valence-electron chi connectivity index (χ0n) is 9.63. The predicted molar refractivity (Wildman–Crippen MR) is 67.8 cm³/mol. The van der Waals surface area contributed by atoms with Gasteiger partial charge in [0.15, 0.2) is 0 Å². The van der Waals surface area contributed by atoms with Crippen molar-refractivity contribution in [2.45, 2.75) is 19.6 Å².